The molecule has 2 heterocycles. The molecule has 2 rings (SSSR count). The van der Waals surface area contributed by atoms with Gasteiger partial charge in [-0.15, -0.1) is 0 Å². The number of hydrogen-bond acceptors (Lipinski definition) is 3. The molecule has 1 N–H and O–H groups in total. The van der Waals surface area contributed by atoms with Crippen LogP contribution in [0.15, 0.2) is 12.2 Å². The second kappa shape index (κ2) is 7.93. The first kappa shape index (κ1) is 14.0. The average molecular weight is 251 g/mol. The minimum atomic E-state index is 0.937. The molecule has 3 nitrogen and oxygen atoms in total. The summed E-state index contributed by atoms with van der Waals surface area (Å²) < 4.78 is 0. The van der Waals surface area contributed by atoms with Crippen LogP contribution in [-0.4, -0.2) is 62.2 Å². The number of likely N-dealkylation sites (tertiary alicyclic amines) is 1. The lowest BCUT2D eigenvalue weighted by Crippen LogP contribution is -2.43. The SMILES string of the molecule is CCN1CCC(C/C=C\CN2CCNCC2)CC1. The Morgan fingerprint density at radius 1 is 1.00 bits per heavy atom. The second-order valence-corrected chi connectivity index (χ2v) is 5.64. The standard InChI is InChI=1S/C15H29N3/c1-2-17-11-6-15(7-12-17)5-3-4-10-18-13-8-16-9-14-18/h3-4,15-16H,2,5-14H2,1H3/b4-3-. The van der Waals surface area contributed by atoms with Crippen molar-refractivity contribution in [2.24, 2.45) is 5.92 Å². The molecule has 2 fully saturated rings. The van der Waals surface area contributed by atoms with Gasteiger partial charge in [0.1, 0.15) is 0 Å². The van der Waals surface area contributed by atoms with Crippen LogP contribution in [0.2, 0.25) is 0 Å². The highest BCUT2D eigenvalue weighted by molar-refractivity contribution is 4.89. The maximum absolute atomic E-state index is 3.40. The third kappa shape index (κ3) is 4.71. The van der Waals surface area contributed by atoms with E-state index in [4.69, 9.17) is 0 Å². The van der Waals surface area contributed by atoms with Gasteiger partial charge in [-0.05, 0) is 44.8 Å². The van der Waals surface area contributed by atoms with E-state index in [-0.39, 0.29) is 0 Å². The molecular weight excluding hydrogens is 222 g/mol. The molecule has 18 heavy (non-hydrogen) atoms. The van der Waals surface area contributed by atoms with Gasteiger partial charge in [0.25, 0.3) is 0 Å². The van der Waals surface area contributed by atoms with E-state index in [0.29, 0.717) is 0 Å². The quantitative estimate of drug-likeness (QED) is 0.748. The van der Waals surface area contributed by atoms with Crippen LogP contribution in [0, 0.1) is 5.92 Å². The van der Waals surface area contributed by atoms with Crippen molar-refractivity contribution in [1.82, 2.24) is 15.1 Å². The summed E-state index contributed by atoms with van der Waals surface area (Å²) in [6.45, 7) is 12.0. The molecule has 0 aliphatic carbocycles. The summed E-state index contributed by atoms with van der Waals surface area (Å²) in [5, 5.41) is 3.40. The first-order chi connectivity index (χ1) is 8.88. The Labute approximate surface area is 112 Å². The molecule has 0 aromatic heterocycles. The van der Waals surface area contributed by atoms with Gasteiger partial charge in [0, 0.05) is 32.7 Å². The zero-order valence-electron chi connectivity index (χ0n) is 11.9. The third-order valence-electron chi connectivity index (χ3n) is 4.36. The Hall–Kier alpha value is -0.380. The zero-order valence-corrected chi connectivity index (χ0v) is 11.9. The van der Waals surface area contributed by atoms with Crippen molar-refractivity contribution in [3.8, 4) is 0 Å². The fourth-order valence-corrected chi connectivity index (χ4v) is 2.94. The molecule has 104 valence electrons. The highest BCUT2D eigenvalue weighted by Gasteiger charge is 2.16. The second-order valence-electron chi connectivity index (χ2n) is 5.64. The number of rotatable bonds is 5. The maximum Gasteiger partial charge on any atom is 0.0164 e. The first-order valence-electron chi connectivity index (χ1n) is 7.69. The fraction of sp³-hybridized carbons (Fsp3) is 0.867. The van der Waals surface area contributed by atoms with E-state index < -0.39 is 0 Å². The first-order valence-corrected chi connectivity index (χ1v) is 7.69. The third-order valence-corrected chi connectivity index (χ3v) is 4.36. The van der Waals surface area contributed by atoms with Crippen LogP contribution >= 0.6 is 0 Å². The van der Waals surface area contributed by atoms with Crippen LogP contribution < -0.4 is 5.32 Å². The number of allylic oxidation sites excluding steroid dienone is 1. The molecule has 0 aromatic carbocycles. The van der Waals surface area contributed by atoms with Crippen LogP contribution in [0.3, 0.4) is 0 Å². The summed E-state index contributed by atoms with van der Waals surface area (Å²) in [7, 11) is 0. The monoisotopic (exact) mass is 251 g/mol. The smallest absolute Gasteiger partial charge is 0.0164 e. The van der Waals surface area contributed by atoms with Gasteiger partial charge in [0.05, 0.1) is 0 Å². The predicted octanol–water partition coefficient (Wildman–Crippen LogP) is 1.57. The van der Waals surface area contributed by atoms with Crippen molar-refractivity contribution in [3.05, 3.63) is 12.2 Å². The minimum absolute atomic E-state index is 0.937. The summed E-state index contributed by atoms with van der Waals surface area (Å²) in [4.78, 5) is 5.10. The zero-order chi connectivity index (χ0) is 12.6. The summed E-state index contributed by atoms with van der Waals surface area (Å²) in [5.41, 5.74) is 0. The van der Waals surface area contributed by atoms with Gasteiger partial charge in [0.15, 0.2) is 0 Å². The molecule has 2 saturated heterocycles. The Balaban J connectivity index is 1.57. The molecule has 2 aliphatic rings. The van der Waals surface area contributed by atoms with Gasteiger partial charge in [-0.25, -0.2) is 0 Å². The summed E-state index contributed by atoms with van der Waals surface area (Å²) in [5.74, 6) is 0.937. The molecule has 3 heteroatoms. The van der Waals surface area contributed by atoms with E-state index >= 15 is 0 Å². The summed E-state index contributed by atoms with van der Waals surface area (Å²) in [6, 6.07) is 0. The van der Waals surface area contributed by atoms with Gasteiger partial charge in [-0.2, -0.15) is 0 Å². The molecule has 0 aromatic rings. The van der Waals surface area contributed by atoms with E-state index in [2.05, 4.69) is 34.2 Å². The number of piperidine rings is 1. The van der Waals surface area contributed by atoms with Crippen molar-refractivity contribution in [2.45, 2.75) is 26.2 Å². The molecule has 0 amide bonds. The van der Waals surface area contributed by atoms with Crippen LogP contribution in [0.1, 0.15) is 26.2 Å². The Kier molecular flexibility index (Phi) is 6.18. The van der Waals surface area contributed by atoms with E-state index in [1.165, 1.54) is 52.0 Å². The molecule has 2 aliphatic heterocycles. The minimum Gasteiger partial charge on any atom is -0.314 e. The number of hydrogen-bond donors (Lipinski definition) is 1. The lowest BCUT2D eigenvalue weighted by atomic mass is 9.93. The van der Waals surface area contributed by atoms with Crippen LogP contribution in [0.5, 0.6) is 0 Å². The molecule has 0 bridgehead atoms. The number of nitrogens with one attached hydrogen (secondary N) is 1. The molecule has 0 spiro atoms. The van der Waals surface area contributed by atoms with E-state index in [0.717, 1.165) is 25.6 Å². The number of nitrogens with zero attached hydrogens (tertiary/aromatic N) is 2. The van der Waals surface area contributed by atoms with Crippen molar-refractivity contribution in [2.75, 3.05) is 52.4 Å². The van der Waals surface area contributed by atoms with E-state index in [1.807, 2.05) is 0 Å². The van der Waals surface area contributed by atoms with Crippen molar-refractivity contribution in [1.29, 1.82) is 0 Å². The summed E-state index contributed by atoms with van der Waals surface area (Å²) in [6.07, 6.45) is 8.90. The van der Waals surface area contributed by atoms with Gasteiger partial charge in [-0.1, -0.05) is 19.1 Å². The fourth-order valence-electron chi connectivity index (χ4n) is 2.94. The van der Waals surface area contributed by atoms with Crippen LogP contribution in [0.4, 0.5) is 0 Å². The molecular formula is C15H29N3. The highest BCUT2D eigenvalue weighted by atomic mass is 15.2. The normalized spacial score (nSPS) is 24.9. The van der Waals surface area contributed by atoms with Crippen molar-refractivity contribution in [3.63, 3.8) is 0 Å². The van der Waals surface area contributed by atoms with Crippen molar-refractivity contribution >= 4 is 0 Å². The van der Waals surface area contributed by atoms with E-state index in [1.54, 1.807) is 0 Å². The van der Waals surface area contributed by atoms with Gasteiger partial charge >= 0.3 is 0 Å². The average Bonchev–Trinajstić information content (AvgIpc) is 2.45. The summed E-state index contributed by atoms with van der Waals surface area (Å²) >= 11 is 0. The lowest BCUT2D eigenvalue weighted by Gasteiger charge is -2.30. The van der Waals surface area contributed by atoms with Gasteiger partial charge in [0.2, 0.25) is 0 Å². The Morgan fingerprint density at radius 2 is 1.72 bits per heavy atom. The van der Waals surface area contributed by atoms with E-state index in [9.17, 15) is 0 Å². The molecule has 0 saturated carbocycles. The number of piperazine rings is 1. The van der Waals surface area contributed by atoms with Crippen LogP contribution in [-0.2, 0) is 0 Å². The molecule has 0 unspecified atom stereocenters. The molecule has 0 atom stereocenters. The van der Waals surface area contributed by atoms with Crippen molar-refractivity contribution < 1.29 is 0 Å². The molecule has 0 radical (unpaired) electrons. The van der Waals surface area contributed by atoms with Gasteiger partial charge in [-0.3, -0.25) is 4.90 Å². The van der Waals surface area contributed by atoms with Gasteiger partial charge < -0.3 is 10.2 Å². The predicted molar refractivity (Wildman–Crippen MR) is 77.9 cm³/mol. The Bertz CT molecular complexity index is 238. The largest absolute Gasteiger partial charge is 0.314 e. The maximum atomic E-state index is 3.40. The highest BCUT2D eigenvalue weighted by Crippen LogP contribution is 2.20. The topological polar surface area (TPSA) is 18.5 Å². The Morgan fingerprint density at radius 3 is 2.39 bits per heavy atom. The lowest BCUT2D eigenvalue weighted by molar-refractivity contribution is 0.193. The van der Waals surface area contributed by atoms with Crippen LogP contribution in [0.25, 0.3) is 0 Å².